The van der Waals surface area contributed by atoms with Gasteiger partial charge in [-0.05, 0) is 18.8 Å². The molecule has 74 valence electrons. The van der Waals surface area contributed by atoms with Gasteiger partial charge in [-0.1, -0.05) is 20.8 Å². The fraction of sp³-hybridized carbons (Fsp3) is 0.778. The predicted octanol–water partition coefficient (Wildman–Crippen LogP) is 2.69. The fourth-order valence-corrected chi connectivity index (χ4v) is 1.51. The molecule has 1 heterocycles. The topological polar surface area (TPSA) is 37.8 Å². The van der Waals surface area contributed by atoms with E-state index in [0.29, 0.717) is 5.41 Å². The van der Waals surface area contributed by atoms with Crippen LogP contribution in [-0.4, -0.2) is 15.9 Å². The monoisotopic (exact) mass is 199 g/mol. The van der Waals surface area contributed by atoms with Gasteiger partial charge in [0, 0.05) is 18.1 Å². The van der Waals surface area contributed by atoms with Crippen LogP contribution in [0.25, 0.3) is 0 Å². The summed E-state index contributed by atoms with van der Waals surface area (Å²) in [5.41, 5.74) is 0.382. The lowest BCUT2D eigenvalue weighted by Gasteiger charge is -2.17. The Morgan fingerprint density at radius 2 is 2.08 bits per heavy atom. The van der Waals surface area contributed by atoms with Gasteiger partial charge in [0.25, 0.3) is 0 Å². The van der Waals surface area contributed by atoms with Crippen LogP contribution in [0.1, 0.15) is 33.0 Å². The van der Waals surface area contributed by atoms with Crippen molar-refractivity contribution in [3.05, 3.63) is 5.82 Å². The minimum Gasteiger partial charge on any atom is -0.360 e. The van der Waals surface area contributed by atoms with Crippen molar-refractivity contribution in [2.75, 3.05) is 11.9 Å². The van der Waals surface area contributed by atoms with E-state index in [2.05, 4.69) is 35.4 Å². The van der Waals surface area contributed by atoms with Crippen molar-refractivity contribution in [3.63, 3.8) is 0 Å². The molecule has 0 aliphatic heterocycles. The number of hydrogen-bond acceptors (Lipinski definition) is 4. The van der Waals surface area contributed by atoms with E-state index >= 15 is 0 Å². The van der Waals surface area contributed by atoms with Gasteiger partial charge in [0.15, 0.2) is 0 Å². The summed E-state index contributed by atoms with van der Waals surface area (Å²) in [5.74, 6) is 0.850. The summed E-state index contributed by atoms with van der Waals surface area (Å²) in [5, 5.41) is 4.20. The van der Waals surface area contributed by atoms with Crippen LogP contribution in [0.4, 0.5) is 5.13 Å². The van der Waals surface area contributed by atoms with E-state index in [1.807, 2.05) is 6.92 Å². The summed E-state index contributed by atoms with van der Waals surface area (Å²) < 4.78 is 4.10. The Kier molecular flexibility index (Phi) is 3.25. The predicted molar refractivity (Wildman–Crippen MR) is 57.2 cm³/mol. The van der Waals surface area contributed by atoms with Crippen LogP contribution in [0.3, 0.4) is 0 Å². The maximum Gasteiger partial charge on any atom is 0.202 e. The molecule has 0 aromatic carbocycles. The van der Waals surface area contributed by atoms with Gasteiger partial charge < -0.3 is 5.32 Å². The number of hydrogen-bond donors (Lipinski definition) is 1. The zero-order chi connectivity index (χ0) is 9.90. The minimum absolute atomic E-state index is 0.382. The van der Waals surface area contributed by atoms with E-state index < -0.39 is 0 Å². The molecule has 1 aromatic rings. The average molecular weight is 199 g/mol. The van der Waals surface area contributed by atoms with Crippen molar-refractivity contribution in [1.82, 2.24) is 9.36 Å². The third kappa shape index (κ3) is 4.22. The maximum atomic E-state index is 4.23. The third-order valence-electron chi connectivity index (χ3n) is 1.68. The average Bonchev–Trinajstić information content (AvgIpc) is 2.33. The lowest BCUT2D eigenvalue weighted by atomic mass is 9.92. The summed E-state index contributed by atoms with van der Waals surface area (Å²) in [6, 6.07) is 0. The van der Waals surface area contributed by atoms with Gasteiger partial charge in [0.2, 0.25) is 5.13 Å². The lowest BCUT2D eigenvalue weighted by Crippen LogP contribution is -2.12. The van der Waals surface area contributed by atoms with Gasteiger partial charge in [-0.2, -0.15) is 4.37 Å². The highest BCUT2D eigenvalue weighted by molar-refractivity contribution is 7.09. The van der Waals surface area contributed by atoms with E-state index in [1.165, 1.54) is 11.5 Å². The molecule has 0 saturated carbocycles. The zero-order valence-corrected chi connectivity index (χ0v) is 9.53. The van der Waals surface area contributed by atoms with Crippen LogP contribution in [0.2, 0.25) is 0 Å². The standard InChI is InChI=1S/C9H17N3S/c1-7-11-8(13-12-7)10-6-5-9(2,3)4/h5-6H2,1-4H3,(H,10,11,12). The van der Waals surface area contributed by atoms with Gasteiger partial charge >= 0.3 is 0 Å². The van der Waals surface area contributed by atoms with Gasteiger partial charge in [-0.25, -0.2) is 4.98 Å². The number of rotatable bonds is 3. The fourth-order valence-electron chi connectivity index (χ4n) is 0.913. The maximum absolute atomic E-state index is 4.23. The van der Waals surface area contributed by atoms with Gasteiger partial charge in [-0.3, -0.25) is 0 Å². The van der Waals surface area contributed by atoms with Crippen LogP contribution in [-0.2, 0) is 0 Å². The number of aromatic nitrogens is 2. The Balaban J connectivity index is 2.28. The molecule has 0 aliphatic rings. The molecule has 0 spiro atoms. The first-order valence-electron chi connectivity index (χ1n) is 4.51. The van der Waals surface area contributed by atoms with E-state index in [1.54, 1.807) is 0 Å². The number of nitrogens with one attached hydrogen (secondary N) is 1. The molecule has 13 heavy (non-hydrogen) atoms. The van der Waals surface area contributed by atoms with Crippen LogP contribution in [0.15, 0.2) is 0 Å². The van der Waals surface area contributed by atoms with Crippen molar-refractivity contribution in [2.45, 2.75) is 34.1 Å². The highest BCUT2D eigenvalue weighted by Crippen LogP contribution is 2.18. The lowest BCUT2D eigenvalue weighted by molar-refractivity contribution is 0.390. The molecule has 0 aliphatic carbocycles. The first-order valence-corrected chi connectivity index (χ1v) is 5.29. The smallest absolute Gasteiger partial charge is 0.202 e. The SMILES string of the molecule is Cc1nsc(NCCC(C)(C)C)n1. The number of nitrogens with zero attached hydrogens (tertiary/aromatic N) is 2. The second-order valence-corrected chi connectivity index (χ2v) is 5.14. The van der Waals surface area contributed by atoms with E-state index in [0.717, 1.165) is 23.9 Å². The van der Waals surface area contributed by atoms with Gasteiger partial charge in [-0.15, -0.1) is 0 Å². The second kappa shape index (κ2) is 4.05. The second-order valence-electron chi connectivity index (χ2n) is 4.38. The molecule has 0 unspecified atom stereocenters. The van der Waals surface area contributed by atoms with Crippen LogP contribution in [0.5, 0.6) is 0 Å². The first kappa shape index (κ1) is 10.4. The highest BCUT2D eigenvalue weighted by Gasteiger charge is 2.09. The van der Waals surface area contributed by atoms with E-state index in [9.17, 15) is 0 Å². The largest absolute Gasteiger partial charge is 0.360 e. The summed E-state index contributed by atoms with van der Waals surface area (Å²) >= 11 is 1.43. The molecular weight excluding hydrogens is 182 g/mol. The molecule has 3 nitrogen and oxygen atoms in total. The summed E-state index contributed by atoms with van der Waals surface area (Å²) in [4.78, 5) is 4.23. The molecule has 4 heteroatoms. The third-order valence-corrected chi connectivity index (χ3v) is 2.44. The Morgan fingerprint density at radius 1 is 1.38 bits per heavy atom. The summed E-state index contributed by atoms with van der Waals surface area (Å²) in [6.07, 6.45) is 1.14. The number of anilines is 1. The first-order chi connectivity index (χ1) is 5.97. The molecule has 0 bridgehead atoms. The Bertz CT molecular complexity index is 262. The molecular formula is C9H17N3S. The van der Waals surface area contributed by atoms with E-state index in [-0.39, 0.29) is 0 Å². The van der Waals surface area contributed by atoms with E-state index in [4.69, 9.17) is 0 Å². The van der Waals surface area contributed by atoms with Gasteiger partial charge in [0.1, 0.15) is 5.82 Å². The van der Waals surface area contributed by atoms with Crippen LogP contribution < -0.4 is 5.32 Å². The Labute approximate surface area is 83.8 Å². The quantitative estimate of drug-likeness (QED) is 0.813. The van der Waals surface area contributed by atoms with Gasteiger partial charge in [0.05, 0.1) is 0 Å². The molecule has 0 amide bonds. The molecule has 0 fully saturated rings. The molecule has 0 radical (unpaired) electrons. The number of aryl methyl sites for hydroxylation is 1. The van der Waals surface area contributed by atoms with Crippen molar-refractivity contribution in [1.29, 1.82) is 0 Å². The summed E-state index contributed by atoms with van der Waals surface area (Å²) in [7, 11) is 0. The van der Waals surface area contributed by atoms with Crippen molar-refractivity contribution < 1.29 is 0 Å². The normalized spacial score (nSPS) is 11.7. The molecule has 0 atom stereocenters. The molecule has 1 aromatic heterocycles. The van der Waals surface area contributed by atoms with Crippen molar-refractivity contribution in [3.8, 4) is 0 Å². The highest BCUT2D eigenvalue weighted by atomic mass is 32.1. The minimum atomic E-state index is 0.382. The van der Waals surface area contributed by atoms with Crippen LogP contribution >= 0.6 is 11.5 Å². The summed E-state index contributed by atoms with van der Waals surface area (Å²) in [6.45, 7) is 9.59. The molecule has 1 rings (SSSR count). The van der Waals surface area contributed by atoms with Crippen molar-refractivity contribution in [2.24, 2.45) is 5.41 Å². The van der Waals surface area contributed by atoms with Crippen LogP contribution in [0, 0.1) is 12.3 Å². The Hall–Kier alpha value is -0.640. The molecule has 0 saturated heterocycles. The Morgan fingerprint density at radius 3 is 2.54 bits per heavy atom. The molecule has 1 N–H and O–H groups in total. The van der Waals surface area contributed by atoms with Crippen molar-refractivity contribution >= 4 is 16.7 Å². The zero-order valence-electron chi connectivity index (χ0n) is 8.72.